The predicted octanol–water partition coefficient (Wildman–Crippen LogP) is 10.8. The number of hydrogen-bond acceptors (Lipinski definition) is 2. The monoisotopic (exact) mass is 694 g/mol. The minimum atomic E-state index is -2.29. The Balaban J connectivity index is 1.21. The Hall–Kier alpha value is -6.56. The van der Waals surface area contributed by atoms with Crippen molar-refractivity contribution < 1.29 is 0 Å². The topological polar surface area (TPSA) is 35.6 Å². The van der Waals surface area contributed by atoms with Gasteiger partial charge in [0.1, 0.15) is 8.07 Å². The van der Waals surface area contributed by atoms with Crippen molar-refractivity contribution in [1.29, 1.82) is 0 Å². The van der Waals surface area contributed by atoms with Crippen LogP contribution in [0, 0.1) is 0 Å². The van der Waals surface area contributed by atoms with E-state index in [1.54, 1.807) is 0 Å². The van der Waals surface area contributed by atoms with E-state index in [2.05, 4.69) is 186 Å². The highest BCUT2D eigenvalue weighted by Gasteiger charge is 2.42. The molecule has 0 atom stereocenters. The number of fused-ring (bicyclic) bond motifs is 10. The highest BCUT2D eigenvalue weighted by molar-refractivity contribution is 7.04. The molecule has 0 saturated carbocycles. The maximum atomic E-state index is 5.36. The van der Waals surface area contributed by atoms with Crippen LogP contribution in [-0.2, 0) is 0 Å². The summed E-state index contributed by atoms with van der Waals surface area (Å²) in [4.78, 5) is 10.7. The Labute approximate surface area is 308 Å². The first kappa shape index (κ1) is 30.1. The molecule has 0 N–H and O–H groups in total. The Morgan fingerprint density at radius 1 is 0.453 bits per heavy atom. The van der Waals surface area contributed by atoms with Crippen LogP contribution in [0.3, 0.4) is 0 Å². The van der Waals surface area contributed by atoms with E-state index in [1.807, 2.05) is 6.07 Å². The Kier molecular flexibility index (Phi) is 6.37. The number of para-hydroxylation sites is 3. The summed E-state index contributed by atoms with van der Waals surface area (Å²) < 4.78 is 4.93. The van der Waals surface area contributed by atoms with Crippen molar-refractivity contribution in [2.75, 3.05) is 0 Å². The van der Waals surface area contributed by atoms with Gasteiger partial charge in [0.25, 0.3) is 0 Å². The van der Waals surface area contributed by atoms with Gasteiger partial charge >= 0.3 is 0 Å². The minimum Gasteiger partial charge on any atom is -0.309 e. The minimum absolute atomic E-state index is 0.768. The molecule has 1 aliphatic heterocycles. The second kappa shape index (κ2) is 11.2. The number of hydrogen-bond donors (Lipinski definition) is 0. The lowest BCUT2D eigenvalue weighted by atomic mass is 10.1. The third-order valence-corrected chi connectivity index (χ3v) is 14.8. The van der Waals surface area contributed by atoms with E-state index in [0.717, 1.165) is 34.0 Å². The first-order valence-corrected chi connectivity index (χ1v) is 21.3. The smallest absolute Gasteiger partial charge is 0.160 e. The van der Waals surface area contributed by atoms with Crippen molar-refractivity contribution in [3.63, 3.8) is 0 Å². The molecule has 7 aromatic carbocycles. The van der Waals surface area contributed by atoms with Crippen LogP contribution >= 0.6 is 0 Å². The highest BCUT2D eigenvalue weighted by atomic mass is 28.3. The van der Waals surface area contributed by atoms with E-state index in [9.17, 15) is 0 Å². The second-order valence-corrected chi connectivity index (χ2v) is 18.9. The summed E-state index contributed by atoms with van der Waals surface area (Å²) in [7, 11) is -2.29. The molecule has 11 rings (SSSR count). The molecule has 0 aliphatic carbocycles. The lowest BCUT2D eigenvalue weighted by Gasteiger charge is -2.22. The first-order chi connectivity index (χ1) is 26.1. The molecule has 3 aromatic heterocycles. The molecular formula is C48H34N4Si. The zero-order valence-electron chi connectivity index (χ0n) is 29.5. The number of aromatic nitrogens is 4. The third kappa shape index (κ3) is 4.29. The molecule has 5 heteroatoms. The van der Waals surface area contributed by atoms with Crippen LogP contribution in [0.15, 0.2) is 170 Å². The van der Waals surface area contributed by atoms with Crippen LogP contribution < -0.4 is 10.4 Å². The molecular weight excluding hydrogens is 661 g/mol. The van der Waals surface area contributed by atoms with Crippen molar-refractivity contribution in [1.82, 2.24) is 19.1 Å². The quantitative estimate of drug-likeness (QED) is 0.172. The molecule has 4 nitrogen and oxygen atoms in total. The van der Waals surface area contributed by atoms with Gasteiger partial charge < -0.3 is 9.13 Å². The van der Waals surface area contributed by atoms with Crippen LogP contribution in [-0.4, -0.2) is 27.2 Å². The van der Waals surface area contributed by atoms with E-state index in [0.29, 0.717) is 0 Å². The molecule has 1 aliphatic rings. The van der Waals surface area contributed by atoms with Gasteiger partial charge in [-0.3, -0.25) is 0 Å². The summed E-state index contributed by atoms with van der Waals surface area (Å²) in [5.74, 6) is 0.768. The third-order valence-electron chi connectivity index (χ3n) is 11.3. The van der Waals surface area contributed by atoms with Crippen molar-refractivity contribution in [2.24, 2.45) is 0 Å². The fraction of sp³-hybridized carbons (Fsp3) is 0.0417. The van der Waals surface area contributed by atoms with Crippen LogP contribution in [0.2, 0.25) is 13.1 Å². The second-order valence-electron chi connectivity index (χ2n) is 14.6. The summed E-state index contributed by atoms with van der Waals surface area (Å²) in [5, 5.41) is 7.74. The summed E-state index contributed by atoms with van der Waals surface area (Å²) in [6, 6.07) is 61.2. The van der Waals surface area contributed by atoms with Crippen molar-refractivity contribution >= 4 is 62.1 Å². The fourth-order valence-electron chi connectivity index (χ4n) is 8.93. The lowest BCUT2D eigenvalue weighted by molar-refractivity contribution is 1.17. The molecule has 4 heterocycles. The fourth-order valence-corrected chi connectivity index (χ4v) is 12.2. The molecule has 250 valence electrons. The predicted molar refractivity (Wildman–Crippen MR) is 224 cm³/mol. The first-order valence-electron chi connectivity index (χ1n) is 18.3. The SMILES string of the molecule is C[Si]1(C)c2cc(-n3c4ccccc4c4ccc5c(c6ccccc6n5-c5ccccc5)c43)ccc2-c2nc(-c3ccccc3)nc(-c3ccccc3)c21. The number of rotatable bonds is 4. The van der Waals surface area contributed by atoms with E-state index in [-0.39, 0.29) is 0 Å². The summed E-state index contributed by atoms with van der Waals surface area (Å²) in [6.45, 7) is 4.94. The maximum Gasteiger partial charge on any atom is 0.160 e. The van der Waals surface area contributed by atoms with Crippen molar-refractivity contribution in [3.05, 3.63) is 170 Å². The zero-order valence-corrected chi connectivity index (χ0v) is 30.5. The van der Waals surface area contributed by atoms with Gasteiger partial charge in [-0.05, 0) is 58.4 Å². The molecule has 53 heavy (non-hydrogen) atoms. The Morgan fingerprint density at radius 2 is 1.06 bits per heavy atom. The Morgan fingerprint density at radius 3 is 1.79 bits per heavy atom. The highest BCUT2D eigenvalue weighted by Crippen LogP contribution is 2.42. The van der Waals surface area contributed by atoms with Gasteiger partial charge in [0, 0.05) is 44.0 Å². The van der Waals surface area contributed by atoms with Gasteiger partial charge in [0.15, 0.2) is 5.82 Å². The largest absolute Gasteiger partial charge is 0.309 e. The number of nitrogens with zero attached hydrogens (tertiary/aromatic N) is 4. The maximum absolute atomic E-state index is 5.36. The molecule has 0 amide bonds. The molecule has 0 bridgehead atoms. The lowest BCUT2D eigenvalue weighted by Crippen LogP contribution is -2.50. The molecule has 0 radical (unpaired) electrons. The van der Waals surface area contributed by atoms with Gasteiger partial charge in [0.05, 0.1) is 33.5 Å². The van der Waals surface area contributed by atoms with Gasteiger partial charge in [-0.1, -0.05) is 140 Å². The van der Waals surface area contributed by atoms with E-state index in [4.69, 9.17) is 9.97 Å². The zero-order chi connectivity index (χ0) is 35.3. The average Bonchev–Trinajstić information content (AvgIpc) is 3.81. The van der Waals surface area contributed by atoms with Crippen LogP contribution in [0.5, 0.6) is 0 Å². The van der Waals surface area contributed by atoms with Gasteiger partial charge in [-0.15, -0.1) is 0 Å². The van der Waals surface area contributed by atoms with Crippen molar-refractivity contribution in [3.8, 4) is 45.3 Å². The van der Waals surface area contributed by atoms with E-state index >= 15 is 0 Å². The van der Waals surface area contributed by atoms with E-state index in [1.165, 1.54) is 65.2 Å². The normalized spacial score (nSPS) is 13.2. The van der Waals surface area contributed by atoms with E-state index < -0.39 is 8.07 Å². The molecule has 0 spiro atoms. The molecule has 0 unspecified atom stereocenters. The van der Waals surface area contributed by atoms with Crippen molar-refractivity contribution in [2.45, 2.75) is 13.1 Å². The molecule has 0 fully saturated rings. The summed E-state index contributed by atoms with van der Waals surface area (Å²) in [5.41, 5.74) is 12.7. The van der Waals surface area contributed by atoms with Crippen LogP contribution in [0.25, 0.3) is 88.9 Å². The van der Waals surface area contributed by atoms with Crippen LogP contribution in [0.1, 0.15) is 0 Å². The van der Waals surface area contributed by atoms with Gasteiger partial charge in [-0.2, -0.15) is 0 Å². The summed E-state index contributed by atoms with van der Waals surface area (Å²) in [6.07, 6.45) is 0. The van der Waals surface area contributed by atoms with Gasteiger partial charge in [0.2, 0.25) is 0 Å². The molecule has 0 saturated heterocycles. The molecule has 10 aromatic rings. The number of benzene rings is 7. The average molecular weight is 695 g/mol. The van der Waals surface area contributed by atoms with Crippen LogP contribution in [0.4, 0.5) is 0 Å². The summed E-state index contributed by atoms with van der Waals surface area (Å²) >= 11 is 0. The standard InChI is InChI=1S/C48H34N4Si/c1-53(2)42-30-34(26-27-38(42)45-47(53)44(31-16-6-3-7-17-31)49-48(50-45)32-18-8-4-9-19-32)52-39-24-14-12-22-35(39)36-28-29-41-43(46(36)52)37-23-13-15-25-40(37)51(41)33-20-10-5-11-21-33/h3-30H,1-2H3. The van der Waals surface area contributed by atoms with Gasteiger partial charge in [-0.25, -0.2) is 9.97 Å². The Bertz CT molecular complexity index is 3070.